The normalized spacial score (nSPS) is 14.3. The average Bonchev–Trinajstić information content (AvgIpc) is 2.69. The Labute approximate surface area is 167 Å². The predicted octanol–water partition coefficient (Wildman–Crippen LogP) is 5.33. The number of allylic oxidation sites excluding steroid dienone is 1. The van der Waals surface area contributed by atoms with Crippen molar-refractivity contribution < 1.29 is 4.79 Å². The molecule has 1 aromatic heterocycles. The van der Waals surface area contributed by atoms with Crippen LogP contribution in [-0.4, -0.2) is 22.4 Å². The molecule has 148 valence electrons. The van der Waals surface area contributed by atoms with E-state index in [9.17, 15) is 4.79 Å². The zero-order chi connectivity index (χ0) is 20.0. The number of carbonyl (C=O) groups excluding carboxylic acids is 1. The number of rotatable bonds is 6. The second kappa shape index (κ2) is 9.00. The lowest BCUT2D eigenvalue weighted by Gasteiger charge is -2.23. The van der Waals surface area contributed by atoms with Crippen LogP contribution in [0.3, 0.4) is 0 Å². The molecule has 3 rings (SSSR count). The summed E-state index contributed by atoms with van der Waals surface area (Å²) in [4.78, 5) is 21.2. The minimum atomic E-state index is -0.199. The number of nitrogens with zero attached hydrogens (tertiary/aromatic N) is 2. The number of carbonyl (C=O) groups is 1. The van der Waals surface area contributed by atoms with E-state index in [1.807, 2.05) is 24.3 Å². The lowest BCUT2D eigenvalue weighted by Crippen LogP contribution is -2.19. The Bertz CT molecular complexity index is 834. The van der Waals surface area contributed by atoms with Crippen molar-refractivity contribution in [3.8, 4) is 0 Å². The molecular weight excluding hydrogens is 348 g/mol. The Morgan fingerprint density at radius 3 is 2.54 bits per heavy atom. The molecule has 1 aliphatic carbocycles. The summed E-state index contributed by atoms with van der Waals surface area (Å²) >= 11 is 0. The van der Waals surface area contributed by atoms with Gasteiger partial charge in [-0.15, -0.1) is 0 Å². The third-order valence-corrected chi connectivity index (χ3v) is 5.01. The second-order valence-corrected chi connectivity index (χ2v) is 8.33. The van der Waals surface area contributed by atoms with Crippen LogP contribution in [-0.2, 0) is 5.41 Å². The Balaban J connectivity index is 1.57. The van der Waals surface area contributed by atoms with Gasteiger partial charge in [-0.1, -0.05) is 50.6 Å². The Morgan fingerprint density at radius 1 is 1.11 bits per heavy atom. The molecule has 0 spiro atoms. The topological polar surface area (TPSA) is 66.9 Å². The summed E-state index contributed by atoms with van der Waals surface area (Å²) in [7, 11) is 0. The van der Waals surface area contributed by atoms with E-state index in [1.165, 1.54) is 31.3 Å². The Hall–Kier alpha value is -2.69. The van der Waals surface area contributed by atoms with Crippen LogP contribution in [0.1, 0.15) is 68.8 Å². The molecule has 2 aromatic rings. The van der Waals surface area contributed by atoms with E-state index in [0.717, 1.165) is 24.2 Å². The molecular formula is C23H30N4O. The molecule has 2 N–H and O–H groups in total. The molecule has 1 heterocycles. The van der Waals surface area contributed by atoms with Gasteiger partial charge in [0.25, 0.3) is 5.91 Å². The van der Waals surface area contributed by atoms with Crippen molar-refractivity contribution in [1.29, 1.82) is 0 Å². The average molecular weight is 379 g/mol. The highest BCUT2D eigenvalue weighted by Crippen LogP contribution is 2.29. The van der Waals surface area contributed by atoms with Crippen LogP contribution in [0.4, 0.5) is 11.6 Å². The Morgan fingerprint density at radius 2 is 1.86 bits per heavy atom. The van der Waals surface area contributed by atoms with Gasteiger partial charge in [-0.2, -0.15) is 0 Å². The molecule has 0 bridgehead atoms. The number of anilines is 2. The van der Waals surface area contributed by atoms with Crippen molar-refractivity contribution in [2.24, 2.45) is 0 Å². The van der Waals surface area contributed by atoms with Gasteiger partial charge in [0.1, 0.15) is 0 Å². The molecule has 0 atom stereocenters. The third kappa shape index (κ3) is 5.41. The second-order valence-electron chi connectivity index (χ2n) is 8.33. The van der Waals surface area contributed by atoms with E-state index in [2.05, 4.69) is 47.4 Å². The summed E-state index contributed by atoms with van der Waals surface area (Å²) in [6.45, 7) is 7.21. The molecule has 0 radical (unpaired) electrons. The molecule has 1 amide bonds. The summed E-state index contributed by atoms with van der Waals surface area (Å²) in [6.07, 6.45) is 11.5. The fourth-order valence-corrected chi connectivity index (χ4v) is 3.44. The first-order valence-corrected chi connectivity index (χ1v) is 10.1. The summed E-state index contributed by atoms with van der Waals surface area (Å²) in [5.74, 6) is 0.360. The zero-order valence-electron chi connectivity index (χ0n) is 17.1. The largest absolute Gasteiger partial charge is 0.354 e. The van der Waals surface area contributed by atoms with Gasteiger partial charge in [-0.3, -0.25) is 4.79 Å². The fraction of sp³-hybridized carbons (Fsp3) is 0.435. The number of aromatic nitrogens is 2. The highest BCUT2D eigenvalue weighted by atomic mass is 16.1. The first-order valence-electron chi connectivity index (χ1n) is 10.1. The summed E-state index contributed by atoms with van der Waals surface area (Å²) in [5.41, 5.74) is 3.83. The first-order chi connectivity index (χ1) is 13.4. The van der Waals surface area contributed by atoms with Crippen molar-refractivity contribution in [2.75, 3.05) is 17.2 Å². The lowest BCUT2D eigenvalue weighted by molar-refractivity contribution is 0.102. The van der Waals surface area contributed by atoms with Crippen LogP contribution in [0.25, 0.3) is 0 Å². The maximum absolute atomic E-state index is 12.6. The van der Waals surface area contributed by atoms with Crippen LogP contribution in [0.15, 0.2) is 48.3 Å². The maximum atomic E-state index is 12.6. The fourth-order valence-electron chi connectivity index (χ4n) is 3.44. The molecule has 5 heteroatoms. The van der Waals surface area contributed by atoms with E-state index >= 15 is 0 Å². The van der Waals surface area contributed by atoms with Gasteiger partial charge in [0.2, 0.25) is 5.95 Å². The van der Waals surface area contributed by atoms with E-state index < -0.39 is 0 Å². The Kier molecular flexibility index (Phi) is 6.45. The molecule has 28 heavy (non-hydrogen) atoms. The summed E-state index contributed by atoms with van der Waals surface area (Å²) in [6, 6.07) is 7.88. The van der Waals surface area contributed by atoms with Crippen molar-refractivity contribution >= 4 is 17.5 Å². The van der Waals surface area contributed by atoms with E-state index in [1.54, 1.807) is 12.4 Å². The quantitative estimate of drug-likeness (QED) is 0.667. The SMILES string of the molecule is CC(C)(C)c1ccccc1NC(=O)c1cnc(NCCC2=CCCCC2)nc1. The molecule has 0 unspecified atom stereocenters. The molecule has 0 aliphatic heterocycles. The van der Waals surface area contributed by atoms with Gasteiger partial charge < -0.3 is 10.6 Å². The predicted molar refractivity (Wildman–Crippen MR) is 115 cm³/mol. The number of amides is 1. The van der Waals surface area contributed by atoms with Gasteiger partial charge in [-0.05, 0) is 49.1 Å². The summed E-state index contributed by atoms with van der Waals surface area (Å²) in [5, 5.41) is 6.23. The van der Waals surface area contributed by atoms with Gasteiger partial charge in [0.15, 0.2) is 0 Å². The van der Waals surface area contributed by atoms with E-state index in [0.29, 0.717) is 11.5 Å². The molecule has 0 saturated carbocycles. The number of para-hydroxylation sites is 1. The van der Waals surface area contributed by atoms with Crippen LogP contribution in [0, 0.1) is 0 Å². The number of hydrogen-bond acceptors (Lipinski definition) is 4. The molecule has 5 nitrogen and oxygen atoms in total. The zero-order valence-corrected chi connectivity index (χ0v) is 17.1. The molecule has 1 aromatic carbocycles. The minimum Gasteiger partial charge on any atom is -0.354 e. The minimum absolute atomic E-state index is 0.0536. The van der Waals surface area contributed by atoms with Crippen LogP contribution < -0.4 is 10.6 Å². The highest BCUT2D eigenvalue weighted by Gasteiger charge is 2.19. The number of nitrogens with one attached hydrogen (secondary N) is 2. The van der Waals surface area contributed by atoms with Gasteiger partial charge in [0, 0.05) is 24.6 Å². The van der Waals surface area contributed by atoms with Crippen molar-refractivity contribution in [1.82, 2.24) is 9.97 Å². The molecule has 0 fully saturated rings. The van der Waals surface area contributed by atoms with Crippen molar-refractivity contribution in [3.63, 3.8) is 0 Å². The number of hydrogen-bond donors (Lipinski definition) is 2. The van der Waals surface area contributed by atoms with Gasteiger partial charge in [-0.25, -0.2) is 9.97 Å². The van der Waals surface area contributed by atoms with Gasteiger partial charge in [0.05, 0.1) is 5.56 Å². The highest BCUT2D eigenvalue weighted by molar-refractivity contribution is 6.04. The van der Waals surface area contributed by atoms with Crippen molar-refractivity contribution in [3.05, 3.63) is 59.4 Å². The lowest BCUT2D eigenvalue weighted by atomic mass is 9.86. The van der Waals surface area contributed by atoms with Gasteiger partial charge >= 0.3 is 0 Å². The first kappa shape index (κ1) is 20.1. The number of benzene rings is 1. The molecule has 0 saturated heterocycles. The van der Waals surface area contributed by atoms with Crippen molar-refractivity contribution in [2.45, 2.75) is 58.3 Å². The monoisotopic (exact) mass is 378 g/mol. The standard InChI is InChI=1S/C23H30N4O/c1-23(2,3)19-11-7-8-12-20(19)27-21(28)18-15-25-22(26-16-18)24-14-13-17-9-5-4-6-10-17/h7-9,11-12,15-16H,4-6,10,13-14H2,1-3H3,(H,27,28)(H,24,25,26). The molecule has 1 aliphatic rings. The maximum Gasteiger partial charge on any atom is 0.258 e. The summed E-state index contributed by atoms with van der Waals surface area (Å²) < 4.78 is 0. The smallest absolute Gasteiger partial charge is 0.258 e. The van der Waals surface area contributed by atoms with Crippen LogP contribution in [0.5, 0.6) is 0 Å². The van der Waals surface area contributed by atoms with Crippen LogP contribution in [0.2, 0.25) is 0 Å². The van der Waals surface area contributed by atoms with E-state index in [4.69, 9.17) is 0 Å². The van der Waals surface area contributed by atoms with E-state index in [-0.39, 0.29) is 11.3 Å². The third-order valence-electron chi connectivity index (χ3n) is 5.01. The van der Waals surface area contributed by atoms with Crippen LogP contribution >= 0.6 is 0 Å².